The number of hydrogen-bond acceptors (Lipinski definition) is 7. The first kappa shape index (κ1) is 29.8. The lowest BCUT2D eigenvalue weighted by molar-refractivity contribution is -0.144. The van der Waals surface area contributed by atoms with Gasteiger partial charge in [0.15, 0.2) is 0 Å². The summed E-state index contributed by atoms with van der Waals surface area (Å²) in [7, 11) is 3.13. The second kappa shape index (κ2) is 17.1. The summed E-state index contributed by atoms with van der Waals surface area (Å²) in [5, 5.41) is 0. The Morgan fingerprint density at radius 2 is 1.92 bits per heavy atom. The molecular formula is C29H44O7. The van der Waals surface area contributed by atoms with Gasteiger partial charge in [-0.3, -0.25) is 4.79 Å². The van der Waals surface area contributed by atoms with Crippen molar-refractivity contribution in [3.05, 3.63) is 41.5 Å². The van der Waals surface area contributed by atoms with Crippen LogP contribution in [0.25, 0.3) is 0 Å². The summed E-state index contributed by atoms with van der Waals surface area (Å²) in [6.45, 7) is 4.63. The second-order valence-corrected chi connectivity index (χ2v) is 9.43. The summed E-state index contributed by atoms with van der Waals surface area (Å²) >= 11 is 0. The molecule has 36 heavy (non-hydrogen) atoms. The number of fused-ring (bicyclic) bond motifs is 1. The summed E-state index contributed by atoms with van der Waals surface area (Å²) in [5.41, 5.74) is 1.28. The number of unbranched alkanes of at least 4 members (excludes halogenated alkanes) is 4. The van der Waals surface area contributed by atoms with Gasteiger partial charge < -0.3 is 23.7 Å². The highest BCUT2D eigenvalue weighted by molar-refractivity contribution is 5.94. The van der Waals surface area contributed by atoms with Gasteiger partial charge in [-0.1, -0.05) is 63.8 Å². The normalized spacial score (nSPS) is 21.4. The largest absolute Gasteiger partial charge is 0.496 e. The van der Waals surface area contributed by atoms with Crippen molar-refractivity contribution in [2.45, 2.75) is 90.3 Å². The van der Waals surface area contributed by atoms with Gasteiger partial charge in [-0.25, -0.2) is 4.79 Å². The predicted octanol–water partition coefficient (Wildman–Crippen LogP) is 6.03. The van der Waals surface area contributed by atoms with Crippen molar-refractivity contribution in [1.82, 2.24) is 0 Å². The zero-order chi connectivity index (χ0) is 26.2. The van der Waals surface area contributed by atoms with Crippen LogP contribution in [-0.4, -0.2) is 51.8 Å². The third kappa shape index (κ3) is 10.3. The predicted molar refractivity (Wildman–Crippen MR) is 139 cm³/mol. The number of cyclic esters (lactones) is 1. The van der Waals surface area contributed by atoms with Crippen LogP contribution >= 0.6 is 0 Å². The van der Waals surface area contributed by atoms with Crippen LogP contribution in [0.15, 0.2) is 30.4 Å². The molecule has 0 radical (unpaired) electrons. The molecule has 1 aromatic carbocycles. The molecule has 3 unspecified atom stereocenters. The molecular weight excluding hydrogens is 460 g/mol. The third-order valence-electron chi connectivity index (χ3n) is 6.54. The first-order valence-electron chi connectivity index (χ1n) is 13.3. The van der Waals surface area contributed by atoms with E-state index in [1.54, 1.807) is 20.3 Å². The van der Waals surface area contributed by atoms with E-state index >= 15 is 0 Å². The van der Waals surface area contributed by atoms with Gasteiger partial charge in [0, 0.05) is 26.4 Å². The Kier molecular flexibility index (Phi) is 14.2. The molecule has 1 aliphatic heterocycles. The molecule has 0 fully saturated rings. The zero-order valence-electron chi connectivity index (χ0n) is 22.5. The van der Waals surface area contributed by atoms with E-state index in [-0.39, 0.29) is 31.4 Å². The SMILES string of the molecule is CCCCCCCC(=O)OCCC1CC(OCOC)C(C)C/C=C/Cc2cccc(OC)c2C(=O)O1. The first-order valence-corrected chi connectivity index (χ1v) is 13.3. The lowest BCUT2D eigenvalue weighted by Crippen LogP contribution is -2.32. The number of allylic oxidation sites excluding steroid dienone is 2. The van der Waals surface area contributed by atoms with Gasteiger partial charge in [0.25, 0.3) is 0 Å². The highest BCUT2D eigenvalue weighted by Crippen LogP contribution is 2.28. The molecule has 1 aliphatic rings. The molecule has 1 aromatic rings. The Morgan fingerprint density at radius 3 is 2.67 bits per heavy atom. The summed E-state index contributed by atoms with van der Waals surface area (Å²) in [6, 6.07) is 5.56. The molecule has 3 atom stereocenters. The van der Waals surface area contributed by atoms with E-state index in [0.717, 1.165) is 31.2 Å². The molecule has 0 bridgehead atoms. The lowest BCUT2D eigenvalue weighted by Gasteiger charge is -2.28. The number of hydrogen-bond donors (Lipinski definition) is 0. The van der Waals surface area contributed by atoms with Gasteiger partial charge in [0.05, 0.1) is 19.8 Å². The standard InChI is InChI=1S/C29H44O7/c1-5-6-7-8-9-17-27(30)34-19-18-24-20-26(35-21-32-3)22(2)13-10-11-14-23-15-12-16-25(33-4)28(23)29(31)36-24/h10-12,15-16,22,24,26H,5-9,13-14,17-21H2,1-4H3/b11-10+. The average Bonchev–Trinajstić information content (AvgIpc) is 2.87. The molecule has 0 saturated heterocycles. The number of rotatable bonds is 13. The van der Waals surface area contributed by atoms with Gasteiger partial charge >= 0.3 is 11.9 Å². The van der Waals surface area contributed by atoms with Crippen molar-refractivity contribution < 1.29 is 33.3 Å². The highest BCUT2D eigenvalue weighted by Gasteiger charge is 2.28. The molecule has 7 heteroatoms. The van der Waals surface area contributed by atoms with Crippen LogP contribution in [-0.2, 0) is 30.2 Å². The number of esters is 2. The number of methoxy groups -OCH3 is 2. The average molecular weight is 505 g/mol. The molecule has 0 aliphatic carbocycles. The molecule has 0 saturated carbocycles. The van der Waals surface area contributed by atoms with E-state index in [1.165, 1.54) is 12.8 Å². The second-order valence-electron chi connectivity index (χ2n) is 9.43. The minimum Gasteiger partial charge on any atom is -0.496 e. The summed E-state index contributed by atoms with van der Waals surface area (Å²) < 4.78 is 28.1. The highest BCUT2D eigenvalue weighted by atomic mass is 16.7. The molecule has 0 aromatic heterocycles. The fourth-order valence-electron chi connectivity index (χ4n) is 4.39. The topological polar surface area (TPSA) is 80.3 Å². The fraction of sp³-hybridized carbons (Fsp3) is 0.655. The molecule has 202 valence electrons. The van der Waals surface area contributed by atoms with Crippen LogP contribution in [0.1, 0.15) is 87.6 Å². The van der Waals surface area contributed by atoms with Crippen LogP contribution in [0.5, 0.6) is 5.75 Å². The molecule has 0 N–H and O–H groups in total. The van der Waals surface area contributed by atoms with Crippen LogP contribution in [0.2, 0.25) is 0 Å². The fourth-order valence-corrected chi connectivity index (χ4v) is 4.39. The summed E-state index contributed by atoms with van der Waals surface area (Å²) in [6.07, 6.45) is 11.6. The van der Waals surface area contributed by atoms with Crippen LogP contribution in [0, 0.1) is 5.92 Å². The summed E-state index contributed by atoms with van der Waals surface area (Å²) in [5.74, 6) is 0.0229. The minimum absolute atomic E-state index is 0.156. The van der Waals surface area contributed by atoms with E-state index < -0.39 is 12.1 Å². The van der Waals surface area contributed by atoms with E-state index in [4.69, 9.17) is 23.7 Å². The Labute approximate surface area is 216 Å². The molecule has 2 rings (SSSR count). The number of benzene rings is 1. The quantitative estimate of drug-likeness (QED) is 0.140. The van der Waals surface area contributed by atoms with Gasteiger partial charge in [0.1, 0.15) is 24.2 Å². The van der Waals surface area contributed by atoms with Crippen molar-refractivity contribution in [2.24, 2.45) is 5.92 Å². The lowest BCUT2D eigenvalue weighted by atomic mass is 9.93. The van der Waals surface area contributed by atoms with Crippen molar-refractivity contribution in [1.29, 1.82) is 0 Å². The maximum atomic E-state index is 13.3. The molecule has 0 spiro atoms. The van der Waals surface area contributed by atoms with E-state index in [9.17, 15) is 9.59 Å². The Bertz CT molecular complexity index is 820. The van der Waals surface area contributed by atoms with Gasteiger partial charge in [-0.05, 0) is 36.8 Å². The minimum atomic E-state index is -0.486. The smallest absolute Gasteiger partial charge is 0.342 e. The van der Waals surface area contributed by atoms with E-state index in [2.05, 4.69) is 26.0 Å². The van der Waals surface area contributed by atoms with Crippen LogP contribution < -0.4 is 4.74 Å². The zero-order valence-corrected chi connectivity index (χ0v) is 22.5. The van der Waals surface area contributed by atoms with E-state index in [0.29, 0.717) is 37.0 Å². The van der Waals surface area contributed by atoms with Crippen molar-refractivity contribution in [2.75, 3.05) is 27.6 Å². The van der Waals surface area contributed by atoms with E-state index in [1.807, 2.05) is 12.1 Å². The maximum Gasteiger partial charge on any atom is 0.342 e. The van der Waals surface area contributed by atoms with Gasteiger partial charge in [-0.15, -0.1) is 0 Å². The van der Waals surface area contributed by atoms with Crippen LogP contribution in [0.4, 0.5) is 0 Å². The summed E-state index contributed by atoms with van der Waals surface area (Å²) in [4.78, 5) is 25.5. The Morgan fingerprint density at radius 1 is 1.11 bits per heavy atom. The van der Waals surface area contributed by atoms with Crippen molar-refractivity contribution >= 4 is 11.9 Å². The molecule has 0 amide bonds. The van der Waals surface area contributed by atoms with Gasteiger partial charge in [-0.2, -0.15) is 0 Å². The number of carbonyl (C=O) groups excluding carboxylic acids is 2. The maximum absolute atomic E-state index is 13.3. The third-order valence-corrected chi connectivity index (χ3v) is 6.54. The van der Waals surface area contributed by atoms with Crippen molar-refractivity contribution in [3.8, 4) is 5.75 Å². The Balaban J connectivity index is 2.12. The van der Waals surface area contributed by atoms with Crippen LogP contribution in [0.3, 0.4) is 0 Å². The first-order chi connectivity index (χ1) is 17.5. The number of carbonyl (C=O) groups is 2. The molecule has 7 nitrogen and oxygen atoms in total. The number of ether oxygens (including phenoxy) is 5. The van der Waals surface area contributed by atoms with Gasteiger partial charge in [0.2, 0.25) is 0 Å². The molecule has 1 heterocycles. The monoisotopic (exact) mass is 504 g/mol. The Hall–Kier alpha value is -2.38. The van der Waals surface area contributed by atoms with Crippen molar-refractivity contribution in [3.63, 3.8) is 0 Å².